The fourth-order valence-electron chi connectivity index (χ4n) is 3.09. The minimum Gasteiger partial charge on any atom is -0.267 e. The molecule has 0 spiro atoms. The van der Waals surface area contributed by atoms with Crippen LogP contribution in [0.5, 0.6) is 0 Å². The van der Waals surface area contributed by atoms with Crippen molar-refractivity contribution < 1.29 is 9.18 Å². The third kappa shape index (κ3) is 3.65. The van der Waals surface area contributed by atoms with Crippen molar-refractivity contribution in [3.8, 4) is 11.4 Å². The first-order chi connectivity index (χ1) is 14.1. The number of benzene rings is 3. The van der Waals surface area contributed by atoms with Gasteiger partial charge in [-0.25, -0.2) is 9.37 Å². The molecule has 0 aliphatic heterocycles. The maximum Gasteiger partial charge on any atom is 0.280 e. The lowest BCUT2D eigenvalue weighted by molar-refractivity contribution is 0.101. The molecule has 0 bridgehead atoms. The first-order valence-corrected chi connectivity index (χ1v) is 9.25. The zero-order chi connectivity index (χ0) is 20.4. The van der Waals surface area contributed by atoms with E-state index < -0.39 is 17.3 Å². The number of carbonyl (C=O) groups is 1. The molecule has 4 aromatic rings. The molecule has 0 atom stereocenters. The van der Waals surface area contributed by atoms with Gasteiger partial charge in [-0.05, 0) is 60.5 Å². The van der Waals surface area contributed by atoms with Gasteiger partial charge in [-0.3, -0.25) is 15.0 Å². The van der Waals surface area contributed by atoms with Gasteiger partial charge in [0.2, 0.25) is 0 Å². The van der Waals surface area contributed by atoms with Crippen LogP contribution in [-0.4, -0.2) is 15.6 Å². The number of para-hydroxylation sites is 1. The first-order valence-electron chi connectivity index (χ1n) is 9.25. The van der Waals surface area contributed by atoms with E-state index in [4.69, 9.17) is 0 Å². The highest BCUT2D eigenvalue weighted by Crippen LogP contribution is 2.19. The quantitative estimate of drug-likeness (QED) is 0.572. The molecule has 0 saturated carbocycles. The molecule has 0 aliphatic carbocycles. The number of fused-ring (bicyclic) bond motifs is 1. The smallest absolute Gasteiger partial charge is 0.267 e. The Morgan fingerprint density at radius 2 is 1.69 bits per heavy atom. The number of nitrogens with zero attached hydrogens (tertiary/aromatic N) is 2. The molecule has 0 aliphatic rings. The molecule has 0 saturated heterocycles. The lowest BCUT2D eigenvalue weighted by Gasteiger charge is -2.15. The van der Waals surface area contributed by atoms with Gasteiger partial charge < -0.3 is 0 Å². The summed E-state index contributed by atoms with van der Waals surface area (Å²) in [4.78, 5) is 30.4. The summed E-state index contributed by atoms with van der Waals surface area (Å²) in [5.74, 6) is -0.606. The van der Waals surface area contributed by atoms with Crippen LogP contribution >= 0.6 is 0 Å². The van der Waals surface area contributed by atoms with Crippen LogP contribution < -0.4 is 11.0 Å². The van der Waals surface area contributed by atoms with Gasteiger partial charge in [0.15, 0.2) is 5.82 Å². The highest BCUT2D eigenvalue weighted by Gasteiger charge is 2.16. The Bertz CT molecular complexity index is 1250. The van der Waals surface area contributed by atoms with E-state index in [2.05, 4.69) is 10.4 Å². The van der Waals surface area contributed by atoms with Gasteiger partial charge in [0.05, 0.1) is 10.9 Å². The molecule has 1 heterocycles. The molecule has 29 heavy (non-hydrogen) atoms. The summed E-state index contributed by atoms with van der Waals surface area (Å²) in [7, 11) is 0. The van der Waals surface area contributed by atoms with Gasteiger partial charge in [0.1, 0.15) is 5.82 Å². The predicted molar refractivity (Wildman–Crippen MR) is 111 cm³/mol. The Balaban J connectivity index is 1.83. The van der Waals surface area contributed by atoms with Gasteiger partial charge in [-0.2, -0.15) is 4.68 Å². The van der Waals surface area contributed by atoms with Crippen molar-refractivity contribution in [3.63, 3.8) is 0 Å². The van der Waals surface area contributed by atoms with E-state index in [1.807, 2.05) is 19.1 Å². The Morgan fingerprint density at radius 1 is 1.00 bits per heavy atom. The predicted octanol–water partition coefficient (Wildman–Crippen LogP) is 4.15. The number of hydrogen-bond acceptors (Lipinski definition) is 3. The average molecular weight is 387 g/mol. The van der Waals surface area contributed by atoms with Crippen LogP contribution in [0.4, 0.5) is 4.39 Å². The third-order valence-corrected chi connectivity index (χ3v) is 4.72. The second kappa shape index (κ2) is 7.67. The van der Waals surface area contributed by atoms with Crippen molar-refractivity contribution in [1.29, 1.82) is 0 Å². The molecule has 6 heteroatoms. The molecule has 4 rings (SSSR count). The molecule has 0 radical (unpaired) electrons. The summed E-state index contributed by atoms with van der Waals surface area (Å²) in [5.41, 5.74) is 4.78. The molecule has 1 N–H and O–H groups in total. The summed E-state index contributed by atoms with van der Waals surface area (Å²) >= 11 is 0. The van der Waals surface area contributed by atoms with E-state index in [1.165, 1.54) is 24.3 Å². The number of aromatic nitrogens is 2. The largest absolute Gasteiger partial charge is 0.280 e. The van der Waals surface area contributed by atoms with Crippen molar-refractivity contribution >= 4 is 16.8 Å². The van der Waals surface area contributed by atoms with E-state index in [0.29, 0.717) is 22.0 Å². The Hall–Kier alpha value is -3.80. The summed E-state index contributed by atoms with van der Waals surface area (Å²) < 4.78 is 14.5. The second-order valence-electron chi connectivity index (χ2n) is 6.59. The van der Waals surface area contributed by atoms with Crippen LogP contribution in [0.3, 0.4) is 0 Å². The standard InChI is InChI=1S/C23H18FN3O2/c1-2-15-7-9-17(10-8-15)22(28)26-27-21(16-11-13-18(24)14-12-16)25-20-6-4-3-5-19(20)23(27)29/h3-14H,2H2,1H3,(H,26,28). The third-order valence-electron chi connectivity index (χ3n) is 4.72. The molecule has 144 valence electrons. The van der Waals surface area contributed by atoms with E-state index >= 15 is 0 Å². The van der Waals surface area contributed by atoms with Crippen LogP contribution in [0, 0.1) is 5.82 Å². The Labute approximate surface area is 166 Å². The van der Waals surface area contributed by atoms with Crippen molar-refractivity contribution in [2.75, 3.05) is 5.43 Å². The normalized spacial score (nSPS) is 10.8. The molecule has 1 aromatic heterocycles. The molecule has 0 unspecified atom stereocenters. The van der Waals surface area contributed by atoms with Gasteiger partial charge in [0.25, 0.3) is 11.5 Å². The topological polar surface area (TPSA) is 64.0 Å². The fourth-order valence-corrected chi connectivity index (χ4v) is 3.09. The zero-order valence-electron chi connectivity index (χ0n) is 15.7. The monoisotopic (exact) mass is 387 g/mol. The fraction of sp³-hybridized carbons (Fsp3) is 0.0870. The van der Waals surface area contributed by atoms with Crippen LogP contribution in [0.25, 0.3) is 22.3 Å². The minimum atomic E-state index is -0.435. The molecule has 0 fully saturated rings. The van der Waals surface area contributed by atoms with Gasteiger partial charge >= 0.3 is 0 Å². The number of carbonyl (C=O) groups excluding carboxylic acids is 1. The Kier molecular flexibility index (Phi) is 4.91. The molecular weight excluding hydrogens is 369 g/mol. The van der Waals surface area contributed by atoms with E-state index in [9.17, 15) is 14.0 Å². The summed E-state index contributed by atoms with van der Waals surface area (Å²) in [6.45, 7) is 2.03. The lowest BCUT2D eigenvalue weighted by Crippen LogP contribution is -2.35. The van der Waals surface area contributed by atoms with Gasteiger partial charge in [-0.1, -0.05) is 31.2 Å². The summed E-state index contributed by atoms with van der Waals surface area (Å²) in [6.07, 6.45) is 0.866. The lowest BCUT2D eigenvalue weighted by atomic mass is 10.1. The van der Waals surface area contributed by atoms with E-state index in [-0.39, 0.29) is 5.82 Å². The maximum atomic E-state index is 13.4. The number of nitrogens with one attached hydrogen (secondary N) is 1. The minimum absolute atomic E-state index is 0.229. The number of halogens is 1. The summed E-state index contributed by atoms with van der Waals surface area (Å²) in [6, 6.07) is 19.7. The van der Waals surface area contributed by atoms with Crippen molar-refractivity contribution in [2.24, 2.45) is 0 Å². The average Bonchev–Trinajstić information content (AvgIpc) is 2.76. The number of amides is 1. The van der Waals surface area contributed by atoms with Crippen molar-refractivity contribution in [1.82, 2.24) is 9.66 Å². The Morgan fingerprint density at radius 3 is 2.38 bits per heavy atom. The SMILES string of the molecule is CCc1ccc(C(=O)Nn2c(-c3ccc(F)cc3)nc3ccccc3c2=O)cc1. The molecule has 1 amide bonds. The van der Waals surface area contributed by atoms with Crippen LogP contribution in [0.1, 0.15) is 22.8 Å². The second-order valence-corrected chi connectivity index (χ2v) is 6.59. The van der Waals surface area contributed by atoms with Gasteiger partial charge in [-0.15, -0.1) is 0 Å². The van der Waals surface area contributed by atoms with Crippen LogP contribution in [-0.2, 0) is 6.42 Å². The van der Waals surface area contributed by atoms with Crippen LogP contribution in [0.2, 0.25) is 0 Å². The van der Waals surface area contributed by atoms with Crippen molar-refractivity contribution in [3.05, 3.63) is 100 Å². The maximum absolute atomic E-state index is 13.4. The molecule has 3 aromatic carbocycles. The molecule has 5 nitrogen and oxygen atoms in total. The zero-order valence-corrected chi connectivity index (χ0v) is 15.7. The van der Waals surface area contributed by atoms with E-state index in [0.717, 1.165) is 16.7 Å². The highest BCUT2D eigenvalue weighted by atomic mass is 19.1. The van der Waals surface area contributed by atoms with Crippen LogP contribution in [0.15, 0.2) is 77.6 Å². The summed E-state index contributed by atoms with van der Waals surface area (Å²) in [5, 5.41) is 0.375. The van der Waals surface area contributed by atoms with Gasteiger partial charge in [0, 0.05) is 11.1 Å². The molecular formula is C23H18FN3O2. The highest BCUT2D eigenvalue weighted by molar-refractivity contribution is 6.00. The number of rotatable bonds is 4. The first kappa shape index (κ1) is 18.6. The number of aryl methyl sites for hydroxylation is 1. The van der Waals surface area contributed by atoms with Crippen molar-refractivity contribution in [2.45, 2.75) is 13.3 Å². The van der Waals surface area contributed by atoms with E-state index in [1.54, 1.807) is 36.4 Å². The number of hydrogen-bond donors (Lipinski definition) is 1.